The first kappa shape index (κ1) is 19.6. The first-order valence-electron chi connectivity index (χ1n) is 12.5. The van der Waals surface area contributed by atoms with Gasteiger partial charge in [-0.25, -0.2) is 0 Å². The number of para-hydroxylation sites is 1. The molecular weight excluding hydrogens is 424 g/mol. The lowest BCUT2D eigenvalue weighted by atomic mass is 9.85. The predicted octanol–water partition coefficient (Wildman–Crippen LogP) is 4.05. The van der Waals surface area contributed by atoms with E-state index in [1.165, 1.54) is 44.2 Å². The minimum Gasteiger partial charge on any atom is -0.375 e. The Morgan fingerprint density at radius 2 is 1.97 bits per heavy atom. The molecule has 0 radical (unpaired) electrons. The molecule has 1 aromatic heterocycles. The van der Waals surface area contributed by atoms with Gasteiger partial charge in [-0.15, -0.1) is 0 Å². The van der Waals surface area contributed by atoms with E-state index < -0.39 is 5.72 Å². The number of methoxy groups -OCH3 is 1. The monoisotopic (exact) mass is 454 g/mol. The third-order valence-corrected chi connectivity index (χ3v) is 9.08. The number of likely N-dealkylation sites (N-methyl/N-ethyl adjacent to an activating group) is 1. The first-order valence-corrected chi connectivity index (χ1v) is 12.5. The molecule has 1 aliphatic carbocycles. The van der Waals surface area contributed by atoms with Gasteiger partial charge in [0.1, 0.15) is 12.3 Å². The molecule has 8 rings (SSSR count). The summed E-state index contributed by atoms with van der Waals surface area (Å²) >= 11 is 0. The van der Waals surface area contributed by atoms with E-state index in [-0.39, 0.29) is 24.4 Å². The van der Waals surface area contributed by atoms with Crippen molar-refractivity contribution >= 4 is 27.5 Å². The summed E-state index contributed by atoms with van der Waals surface area (Å²) in [5, 5.41) is 10.0. The summed E-state index contributed by atoms with van der Waals surface area (Å²) in [6.45, 7) is 4.10. The quantitative estimate of drug-likeness (QED) is 0.612. The van der Waals surface area contributed by atoms with Crippen LogP contribution in [0.1, 0.15) is 42.2 Å². The number of hydrogen-bond acceptors (Lipinski definition) is 5. The number of nitrogens with one attached hydrogen (secondary N) is 2. The molecule has 6 unspecified atom stereocenters. The van der Waals surface area contributed by atoms with Crippen molar-refractivity contribution in [1.29, 1.82) is 0 Å². The second-order valence-corrected chi connectivity index (χ2v) is 10.5. The lowest BCUT2D eigenvalue weighted by Crippen LogP contribution is -2.67. The fraction of sp³-hybridized carbons (Fsp3) is 0.429. The second-order valence-electron chi connectivity index (χ2n) is 10.5. The molecule has 6 atom stereocenters. The minimum absolute atomic E-state index is 0.0695. The van der Waals surface area contributed by atoms with Crippen molar-refractivity contribution in [1.82, 2.24) is 15.2 Å². The second kappa shape index (κ2) is 6.52. The molecule has 5 heterocycles. The molecule has 34 heavy (non-hydrogen) atoms. The number of anilines is 1. The fourth-order valence-electron chi connectivity index (χ4n) is 7.88. The smallest absolute Gasteiger partial charge is 0.169 e. The maximum absolute atomic E-state index is 7.18. The van der Waals surface area contributed by atoms with Gasteiger partial charge in [0, 0.05) is 49.4 Å². The lowest BCUT2D eigenvalue weighted by Gasteiger charge is -2.53. The van der Waals surface area contributed by atoms with Gasteiger partial charge in [-0.1, -0.05) is 42.5 Å². The number of fused-ring (bicyclic) bond motifs is 13. The third kappa shape index (κ3) is 2.09. The summed E-state index contributed by atoms with van der Waals surface area (Å²) in [6.07, 6.45) is 9.86. The zero-order valence-corrected chi connectivity index (χ0v) is 19.8. The van der Waals surface area contributed by atoms with Crippen LogP contribution in [0.15, 0.2) is 48.6 Å². The van der Waals surface area contributed by atoms with E-state index in [9.17, 15) is 0 Å². The van der Waals surface area contributed by atoms with Crippen LogP contribution in [0.2, 0.25) is 0 Å². The van der Waals surface area contributed by atoms with Gasteiger partial charge in [0.05, 0.1) is 22.8 Å². The Bertz CT molecular complexity index is 1440. The summed E-state index contributed by atoms with van der Waals surface area (Å²) in [5.74, 6) is 0.314. The Labute approximate surface area is 199 Å². The highest BCUT2D eigenvalue weighted by molar-refractivity contribution is 6.16. The number of nitrogens with zero attached hydrogens (tertiary/aromatic N) is 2. The summed E-state index contributed by atoms with van der Waals surface area (Å²) in [6, 6.07) is 9.28. The average molecular weight is 455 g/mol. The number of allylic oxidation sites excluding steroid dienone is 2. The average Bonchev–Trinajstić information content (AvgIpc) is 3.53. The Balaban J connectivity index is 1.59. The predicted molar refractivity (Wildman–Crippen MR) is 134 cm³/mol. The zero-order valence-electron chi connectivity index (χ0n) is 19.8. The van der Waals surface area contributed by atoms with Crippen LogP contribution < -0.4 is 15.5 Å². The van der Waals surface area contributed by atoms with Gasteiger partial charge in [-0.2, -0.15) is 0 Å². The zero-order chi connectivity index (χ0) is 22.8. The lowest BCUT2D eigenvalue weighted by molar-refractivity contribution is -0.219. The number of rotatable bonds is 2. The molecule has 6 heteroatoms. The standard InChI is InChI=1S/C28H30N4O2/c1-28-27(33-3)19(29-2)12-22(34-28)31-20-10-6-4-8-15(20)23-17-13-30-14-18(17)24-16-9-5-7-11-21(16)32(28)26(24)25(23)31/h4-11,16,19,21-22,27,29-30H,12-14H2,1-3H3. The van der Waals surface area contributed by atoms with Crippen molar-refractivity contribution < 1.29 is 9.47 Å². The molecule has 174 valence electrons. The van der Waals surface area contributed by atoms with Gasteiger partial charge in [0.2, 0.25) is 0 Å². The van der Waals surface area contributed by atoms with Crippen LogP contribution in [0, 0.1) is 0 Å². The van der Waals surface area contributed by atoms with Crippen molar-refractivity contribution in [2.24, 2.45) is 0 Å². The van der Waals surface area contributed by atoms with E-state index >= 15 is 0 Å². The Hall–Kier alpha value is -2.64. The number of ether oxygens (including phenoxy) is 2. The molecule has 3 aromatic rings. The number of hydrogen-bond donors (Lipinski definition) is 2. The molecule has 2 aromatic carbocycles. The molecule has 2 N–H and O–H groups in total. The first-order chi connectivity index (χ1) is 16.7. The Kier molecular flexibility index (Phi) is 3.77. The van der Waals surface area contributed by atoms with E-state index in [1.807, 2.05) is 7.11 Å². The Morgan fingerprint density at radius 3 is 2.82 bits per heavy atom. The summed E-state index contributed by atoms with van der Waals surface area (Å²) in [5.41, 5.74) is 7.79. The number of aromatic nitrogens is 1. The van der Waals surface area contributed by atoms with Crippen LogP contribution in [-0.2, 0) is 22.6 Å². The molecular formula is C28H30N4O2. The highest BCUT2D eigenvalue weighted by atomic mass is 16.6. The van der Waals surface area contributed by atoms with Crippen LogP contribution in [0.5, 0.6) is 0 Å². The van der Waals surface area contributed by atoms with E-state index in [0.29, 0.717) is 5.92 Å². The van der Waals surface area contributed by atoms with Gasteiger partial charge < -0.3 is 29.6 Å². The van der Waals surface area contributed by atoms with Crippen LogP contribution in [0.25, 0.3) is 21.8 Å². The third-order valence-electron chi connectivity index (χ3n) is 9.08. The van der Waals surface area contributed by atoms with Crippen LogP contribution >= 0.6 is 0 Å². The van der Waals surface area contributed by atoms with Gasteiger partial charge in [0.15, 0.2) is 5.72 Å². The van der Waals surface area contributed by atoms with Crippen LogP contribution in [0.4, 0.5) is 5.69 Å². The topological polar surface area (TPSA) is 50.7 Å². The maximum atomic E-state index is 7.18. The van der Waals surface area contributed by atoms with Crippen molar-refractivity contribution in [3.8, 4) is 0 Å². The normalized spacial score (nSPS) is 34.7. The highest BCUT2D eigenvalue weighted by Gasteiger charge is 2.59. The molecule has 4 aliphatic heterocycles. The van der Waals surface area contributed by atoms with Gasteiger partial charge in [-0.05, 0) is 36.7 Å². The fourth-order valence-corrected chi connectivity index (χ4v) is 7.88. The van der Waals surface area contributed by atoms with Crippen LogP contribution in [0.3, 0.4) is 0 Å². The van der Waals surface area contributed by atoms with E-state index in [1.54, 1.807) is 0 Å². The van der Waals surface area contributed by atoms with Gasteiger partial charge in [-0.3, -0.25) is 0 Å². The Morgan fingerprint density at radius 1 is 1.15 bits per heavy atom. The molecule has 1 saturated heterocycles. The molecule has 2 bridgehead atoms. The van der Waals surface area contributed by atoms with Crippen molar-refractivity contribution in [3.05, 3.63) is 65.3 Å². The van der Waals surface area contributed by atoms with E-state index in [2.05, 4.69) is 82.6 Å². The summed E-state index contributed by atoms with van der Waals surface area (Å²) in [7, 11) is 3.88. The van der Waals surface area contributed by atoms with Crippen molar-refractivity contribution in [2.45, 2.75) is 62.5 Å². The number of benzene rings is 2. The molecule has 6 nitrogen and oxygen atoms in total. The molecule has 0 spiro atoms. The van der Waals surface area contributed by atoms with Crippen molar-refractivity contribution in [3.63, 3.8) is 0 Å². The SMILES string of the molecule is CNC1CC2OC(C)(C1OC)N1c3c(c4c(c5c6ccccc6n2c35)CNC4)C2C=CC=CC21. The largest absolute Gasteiger partial charge is 0.375 e. The summed E-state index contributed by atoms with van der Waals surface area (Å²) in [4.78, 5) is 2.58. The minimum atomic E-state index is -0.609. The molecule has 1 fully saturated rings. The summed E-state index contributed by atoms with van der Waals surface area (Å²) < 4.78 is 15.9. The van der Waals surface area contributed by atoms with Crippen LogP contribution in [-0.4, -0.2) is 42.6 Å². The molecule has 0 saturated carbocycles. The van der Waals surface area contributed by atoms with E-state index in [4.69, 9.17) is 9.47 Å². The maximum Gasteiger partial charge on any atom is 0.169 e. The highest BCUT2D eigenvalue weighted by Crippen LogP contribution is 2.59. The van der Waals surface area contributed by atoms with Gasteiger partial charge >= 0.3 is 0 Å². The van der Waals surface area contributed by atoms with Crippen molar-refractivity contribution in [2.75, 3.05) is 19.1 Å². The molecule has 5 aliphatic rings. The van der Waals surface area contributed by atoms with Gasteiger partial charge in [0.25, 0.3) is 0 Å². The molecule has 0 amide bonds. The van der Waals surface area contributed by atoms with E-state index in [0.717, 1.165) is 19.5 Å².